The Morgan fingerprint density at radius 1 is 1.37 bits per heavy atom. The molecule has 0 radical (unpaired) electrons. The standard InChI is InChI=1S/C13H24N2O2S2/c1-10(2)6-11(3)15(5)19(16,17)13-7-12(8-14-4)18-9-13/h7,9-11,14H,6,8H2,1-5H3. The van der Waals surface area contributed by atoms with Gasteiger partial charge in [0.25, 0.3) is 0 Å². The second-order valence-corrected chi connectivity index (χ2v) is 8.27. The number of nitrogens with zero attached hydrogens (tertiary/aromatic N) is 1. The smallest absolute Gasteiger partial charge is 0.243 e. The molecule has 1 aromatic heterocycles. The van der Waals surface area contributed by atoms with Crippen molar-refractivity contribution in [3.8, 4) is 0 Å². The fraction of sp³-hybridized carbons (Fsp3) is 0.692. The Bertz CT molecular complexity index is 494. The zero-order valence-electron chi connectivity index (χ0n) is 12.3. The molecule has 0 amide bonds. The van der Waals surface area contributed by atoms with Gasteiger partial charge in [0.05, 0.1) is 4.90 Å². The molecule has 0 aliphatic heterocycles. The van der Waals surface area contributed by atoms with Crippen LogP contribution < -0.4 is 5.32 Å². The highest BCUT2D eigenvalue weighted by atomic mass is 32.2. The summed E-state index contributed by atoms with van der Waals surface area (Å²) >= 11 is 1.48. The highest BCUT2D eigenvalue weighted by Gasteiger charge is 2.26. The number of thiophene rings is 1. The van der Waals surface area contributed by atoms with Gasteiger partial charge in [-0.25, -0.2) is 8.42 Å². The normalized spacial score (nSPS) is 14.3. The van der Waals surface area contributed by atoms with E-state index in [-0.39, 0.29) is 6.04 Å². The molecule has 0 spiro atoms. The molecule has 110 valence electrons. The van der Waals surface area contributed by atoms with Gasteiger partial charge in [-0.05, 0) is 32.4 Å². The summed E-state index contributed by atoms with van der Waals surface area (Å²) in [5.74, 6) is 0.481. The van der Waals surface area contributed by atoms with Crippen molar-refractivity contribution in [2.75, 3.05) is 14.1 Å². The van der Waals surface area contributed by atoms with E-state index in [0.717, 1.165) is 11.3 Å². The molecule has 19 heavy (non-hydrogen) atoms. The third-order valence-corrected chi connectivity index (χ3v) is 6.13. The van der Waals surface area contributed by atoms with E-state index in [2.05, 4.69) is 19.2 Å². The molecule has 0 fully saturated rings. The molecule has 1 rings (SSSR count). The number of hydrogen-bond acceptors (Lipinski definition) is 4. The average Bonchev–Trinajstić information content (AvgIpc) is 2.76. The summed E-state index contributed by atoms with van der Waals surface area (Å²) in [5, 5.41) is 4.75. The SMILES string of the molecule is CNCc1cc(S(=O)(=O)N(C)C(C)CC(C)C)cs1. The molecular weight excluding hydrogens is 280 g/mol. The predicted molar refractivity (Wildman–Crippen MR) is 80.9 cm³/mol. The van der Waals surface area contributed by atoms with Gasteiger partial charge in [-0.2, -0.15) is 4.31 Å². The first kappa shape index (κ1) is 16.6. The topological polar surface area (TPSA) is 49.4 Å². The van der Waals surface area contributed by atoms with Crippen molar-refractivity contribution in [3.63, 3.8) is 0 Å². The van der Waals surface area contributed by atoms with Gasteiger partial charge in [0.2, 0.25) is 10.0 Å². The van der Waals surface area contributed by atoms with E-state index in [9.17, 15) is 8.42 Å². The van der Waals surface area contributed by atoms with Gasteiger partial charge in [0, 0.05) is 29.9 Å². The number of rotatable bonds is 7. The van der Waals surface area contributed by atoms with E-state index in [0.29, 0.717) is 17.4 Å². The van der Waals surface area contributed by atoms with Crippen LogP contribution >= 0.6 is 11.3 Å². The van der Waals surface area contributed by atoms with E-state index < -0.39 is 10.0 Å². The van der Waals surface area contributed by atoms with E-state index in [1.807, 2.05) is 14.0 Å². The summed E-state index contributed by atoms with van der Waals surface area (Å²) in [5.41, 5.74) is 0. The van der Waals surface area contributed by atoms with E-state index >= 15 is 0 Å². The van der Waals surface area contributed by atoms with Crippen molar-refractivity contribution in [2.24, 2.45) is 5.92 Å². The lowest BCUT2D eigenvalue weighted by Crippen LogP contribution is -2.35. The van der Waals surface area contributed by atoms with Crippen LogP contribution in [0.3, 0.4) is 0 Å². The Balaban J connectivity index is 2.89. The maximum absolute atomic E-state index is 12.5. The number of sulfonamides is 1. The summed E-state index contributed by atoms with van der Waals surface area (Å²) in [7, 11) is 0.151. The maximum Gasteiger partial charge on any atom is 0.243 e. The summed E-state index contributed by atoms with van der Waals surface area (Å²) in [6.45, 7) is 6.86. The molecule has 0 bridgehead atoms. The van der Waals surface area contributed by atoms with Gasteiger partial charge in [0.15, 0.2) is 0 Å². The van der Waals surface area contributed by atoms with E-state index in [1.54, 1.807) is 18.5 Å². The molecule has 1 N–H and O–H groups in total. The molecule has 1 aromatic rings. The zero-order chi connectivity index (χ0) is 14.6. The minimum atomic E-state index is -3.37. The van der Waals surface area contributed by atoms with Gasteiger partial charge < -0.3 is 5.32 Å². The number of hydrogen-bond donors (Lipinski definition) is 1. The summed E-state index contributed by atoms with van der Waals surface area (Å²) in [6, 6.07) is 1.77. The second-order valence-electron chi connectivity index (χ2n) is 5.28. The van der Waals surface area contributed by atoms with Crippen LogP contribution in [0.2, 0.25) is 0 Å². The van der Waals surface area contributed by atoms with Crippen LogP contribution in [-0.4, -0.2) is 32.9 Å². The third kappa shape index (κ3) is 4.27. The van der Waals surface area contributed by atoms with Crippen LogP contribution in [0, 0.1) is 5.92 Å². The van der Waals surface area contributed by atoms with Crippen molar-refractivity contribution >= 4 is 21.4 Å². The fourth-order valence-electron chi connectivity index (χ4n) is 2.00. The lowest BCUT2D eigenvalue weighted by atomic mass is 10.1. The lowest BCUT2D eigenvalue weighted by molar-refractivity contribution is 0.338. The molecule has 0 aromatic carbocycles. The maximum atomic E-state index is 12.5. The average molecular weight is 304 g/mol. The molecule has 1 unspecified atom stereocenters. The third-order valence-electron chi connectivity index (χ3n) is 3.09. The highest BCUT2D eigenvalue weighted by molar-refractivity contribution is 7.89. The van der Waals surface area contributed by atoms with Crippen molar-refractivity contribution in [1.29, 1.82) is 0 Å². The zero-order valence-corrected chi connectivity index (χ0v) is 13.9. The Kier molecular flexibility index (Phi) is 5.98. The van der Waals surface area contributed by atoms with Crippen molar-refractivity contribution < 1.29 is 8.42 Å². The molecule has 0 saturated carbocycles. The molecule has 0 aliphatic carbocycles. The molecule has 1 atom stereocenters. The predicted octanol–water partition coefficient (Wildman–Crippen LogP) is 2.52. The van der Waals surface area contributed by atoms with Crippen molar-refractivity contribution in [1.82, 2.24) is 9.62 Å². The van der Waals surface area contributed by atoms with Crippen molar-refractivity contribution in [3.05, 3.63) is 16.3 Å². The lowest BCUT2D eigenvalue weighted by Gasteiger charge is -2.25. The van der Waals surface area contributed by atoms with Crippen LogP contribution in [0.25, 0.3) is 0 Å². The van der Waals surface area contributed by atoms with Gasteiger partial charge >= 0.3 is 0 Å². The first-order valence-electron chi connectivity index (χ1n) is 6.49. The first-order chi connectivity index (χ1) is 8.78. The van der Waals surface area contributed by atoms with Crippen LogP contribution in [0.5, 0.6) is 0 Å². The van der Waals surface area contributed by atoms with Gasteiger partial charge in [-0.3, -0.25) is 0 Å². The summed E-state index contributed by atoms with van der Waals surface area (Å²) < 4.78 is 26.5. The minimum Gasteiger partial charge on any atom is -0.315 e. The Morgan fingerprint density at radius 2 is 2.00 bits per heavy atom. The highest BCUT2D eigenvalue weighted by Crippen LogP contribution is 2.24. The van der Waals surface area contributed by atoms with E-state index in [1.165, 1.54) is 15.6 Å². The largest absolute Gasteiger partial charge is 0.315 e. The van der Waals surface area contributed by atoms with Gasteiger partial charge in [-0.1, -0.05) is 13.8 Å². The first-order valence-corrected chi connectivity index (χ1v) is 8.81. The molecule has 0 saturated heterocycles. The molecule has 4 nitrogen and oxygen atoms in total. The quantitative estimate of drug-likeness (QED) is 0.842. The van der Waals surface area contributed by atoms with Crippen LogP contribution in [-0.2, 0) is 16.6 Å². The Labute approximate surface area is 120 Å². The Morgan fingerprint density at radius 3 is 2.53 bits per heavy atom. The fourth-order valence-corrected chi connectivity index (χ4v) is 4.64. The van der Waals surface area contributed by atoms with Gasteiger partial charge in [0.1, 0.15) is 0 Å². The van der Waals surface area contributed by atoms with Gasteiger partial charge in [-0.15, -0.1) is 11.3 Å². The second kappa shape index (κ2) is 6.83. The van der Waals surface area contributed by atoms with Crippen LogP contribution in [0.1, 0.15) is 32.1 Å². The molecule has 6 heteroatoms. The minimum absolute atomic E-state index is 0.0117. The number of nitrogens with one attached hydrogen (secondary N) is 1. The monoisotopic (exact) mass is 304 g/mol. The van der Waals surface area contributed by atoms with E-state index in [4.69, 9.17) is 0 Å². The Hall–Kier alpha value is -0.430. The van der Waals surface area contributed by atoms with Crippen LogP contribution in [0.15, 0.2) is 16.3 Å². The molecule has 1 heterocycles. The molecule has 0 aliphatic rings. The summed E-state index contributed by atoms with van der Waals surface area (Å²) in [6.07, 6.45) is 0.864. The molecular formula is C13H24N2O2S2. The van der Waals surface area contributed by atoms with Crippen molar-refractivity contribution in [2.45, 2.75) is 44.7 Å². The van der Waals surface area contributed by atoms with Crippen LogP contribution in [0.4, 0.5) is 0 Å². The summed E-state index contributed by atoms with van der Waals surface area (Å²) in [4.78, 5) is 1.44.